The molecule has 5 heteroatoms. The van der Waals surface area contributed by atoms with E-state index in [4.69, 9.17) is 11.6 Å². The predicted molar refractivity (Wildman–Crippen MR) is 61.3 cm³/mol. The molecule has 0 saturated carbocycles. The maximum Gasteiger partial charge on any atom is 0.149 e. The van der Waals surface area contributed by atoms with E-state index in [9.17, 15) is 0 Å². The second-order valence-electron chi connectivity index (χ2n) is 4.00. The number of nitrogens with zero attached hydrogens (tertiary/aromatic N) is 4. The molecule has 0 spiro atoms. The Labute approximate surface area is 94.9 Å². The summed E-state index contributed by atoms with van der Waals surface area (Å²) in [6.45, 7) is 5.28. The SMILES string of the molecule is CC1CN(C)CCN1c1cncc(Cl)n1. The molecule has 0 bridgehead atoms. The zero-order valence-electron chi connectivity index (χ0n) is 9.02. The first-order valence-electron chi connectivity index (χ1n) is 5.09. The smallest absolute Gasteiger partial charge is 0.149 e. The Morgan fingerprint density at radius 2 is 2.20 bits per heavy atom. The molecule has 0 N–H and O–H groups in total. The topological polar surface area (TPSA) is 32.3 Å². The molecule has 2 heterocycles. The lowest BCUT2D eigenvalue weighted by molar-refractivity contribution is 0.274. The molecule has 15 heavy (non-hydrogen) atoms. The standard InChI is InChI=1S/C10H15ClN4/c1-8-7-14(2)3-4-15(8)10-6-12-5-9(11)13-10/h5-6,8H,3-4,7H2,1-2H3. The van der Waals surface area contributed by atoms with Gasteiger partial charge in [-0.3, -0.25) is 4.98 Å². The minimum atomic E-state index is 0.455. The summed E-state index contributed by atoms with van der Waals surface area (Å²) >= 11 is 5.83. The highest BCUT2D eigenvalue weighted by atomic mass is 35.5. The molecule has 82 valence electrons. The van der Waals surface area contributed by atoms with E-state index in [1.807, 2.05) is 0 Å². The van der Waals surface area contributed by atoms with Crippen LogP contribution >= 0.6 is 11.6 Å². The van der Waals surface area contributed by atoms with Crippen LogP contribution in [0, 0.1) is 0 Å². The number of hydrogen-bond donors (Lipinski definition) is 0. The lowest BCUT2D eigenvalue weighted by Crippen LogP contribution is -2.50. The van der Waals surface area contributed by atoms with Gasteiger partial charge in [-0.2, -0.15) is 0 Å². The third-order valence-electron chi connectivity index (χ3n) is 2.72. The zero-order chi connectivity index (χ0) is 10.8. The molecule has 0 aliphatic carbocycles. The predicted octanol–water partition coefficient (Wildman–Crippen LogP) is 1.27. The maximum absolute atomic E-state index is 5.83. The van der Waals surface area contributed by atoms with Crippen LogP contribution in [0.2, 0.25) is 5.15 Å². The van der Waals surface area contributed by atoms with Crippen LogP contribution in [0.15, 0.2) is 12.4 Å². The molecule has 0 radical (unpaired) electrons. The molecule has 1 fully saturated rings. The van der Waals surface area contributed by atoms with Gasteiger partial charge < -0.3 is 9.80 Å². The van der Waals surface area contributed by atoms with Gasteiger partial charge in [-0.05, 0) is 14.0 Å². The molecule has 1 aliphatic rings. The Morgan fingerprint density at radius 1 is 1.40 bits per heavy atom. The van der Waals surface area contributed by atoms with Gasteiger partial charge in [-0.1, -0.05) is 11.6 Å². The fraction of sp³-hybridized carbons (Fsp3) is 0.600. The van der Waals surface area contributed by atoms with E-state index in [0.29, 0.717) is 11.2 Å². The largest absolute Gasteiger partial charge is 0.350 e. The van der Waals surface area contributed by atoms with Gasteiger partial charge in [0.15, 0.2) is 0 Å². The third-order valence-corrected chi connectivity index (χ3v) is 2.90. The Balaban J connectivity index is 2.17. The van der Waals surface area contributed by atoms with Crippen molar-refractivity contribution in [3.05, 3.63) is 17.5 Å². The van der Waals surface area contributed by atoms with Gasteiger partial charge in [-0.25, -0.2) is 4.98 Å². The molecule has 1 unspecified atom stereocenters. The van der Waals surface area contributed by atoms with Crippen LogP contribution in [0.25, 0.3) is 0 Å². The van der Waals surface area contributed by atoms with Crippen molar-refractivity contribution in [3.63, 3.8) is 0 Å². The van der Waals surface area contributed by atoms with E-state index in [0.717, 1.165) is 25.5 Å². The van der Waals surface area contributed by atoms with Gasteiger partial charge in [0, 0.05) is 25.7 Å². The van der Waals surface area contributed by atoms with Gasteiger partial charge in [0.1, 0.15) is 11.0 Å². The van der Waals surface area contributed by atoms with Gasteiger partial charge in [0.05, 0.1) is 12.4 Å². The van der Waals surface area contributed by atoms with Crippen molar-refractivity contribution >= 4 is 17.4 Å². The maximum atomic E-state index is 5.83. The van der Waals surface area contributed by atoms with Crippen molar-refractivity contribution in [2.24, 2.45) is 0 Å². The van der Waals surface area contributed by atoms with E-state index in [-0.39, 0.29) is 0 Å². The van der Waals surface area contributed by atoms with Crippen molar-refractivity contribution in [2.75, 3.05) is 31.6 Å². The number of anilines is 1. The highest BCUT2D eigenvalue weighted by Crippen LogP contribution is 2.18. The number of rotatable bonds is 1. The Kier molecular flexibility index (Phi) is 3.07. The molecule has 4 nitrogen and oxygen atoms in total. The number of hydrogen-bond acceptors (Lipinski definition) is 4. The summed E-state index contributed by atoms with van der Waals surface area (Å²) in [4.78, 5) is 12.9. The monoisotopic (exact) mass is 226 g/mol. The average molecular weight is 227 g/mol. The Morgan fingerprint density at radius 3 is 2.87 bits per heavy atom. The van der Waals surface area contributed by atoms with Crippen molar-refractivity contribution in [1.82, 2.24) is 14.9 Å². The second-order valence-corrected chi connectivity index (χ2v) is 4.39. The lowest BCUT2D eigenvalue weighted by atomic mass is 10.2. The highest BCUT2D eigenvalue weighted by molar-refractivity contribution is 6.29. The van der Waals surface area contributed by atoms with Gasteiger partial charge >= 0.3 is 0 Å². The molecule has 1 saturated heterocycles. The quantitative estimate of drug-likeness (QED) is 0.722. The van der Waals surface area contributed by atoms with Crippen molar-refractivity contribution < 1.29 is 0 Å². The Hall–Kier alpha value is -0.870. The van der Waals surface area contributed by atoms with Gasteiger partial charge in [0.2, 0.25) is 0 Å². The summed E-state index contributed by atoms with van der Waals surface area (Å²) in [5, 5.41) is 0.457. The van der Waals surface area contributed by atoms with Crippen molar-refractivity contribution in [1.29, 1.82) is 0 Å². The molecular formula is C10H15ClN4. The summed E-state index contributed by atoms with van der Waals surface area (Å²) in [6, 6.07) is 0.455. The second kappa shape index (κ2) is 4.33. The number of piperazine rings is 1. The molecule has 1 aromatic heterocycles. The fourth-order valence-corrected chi connectivity index (χ4v) is 2.09. The molecule has 1 aromatic rings. The van der Waals surface area contributed by atoms with E-state index in [2.05, 4.69) is 33.7 Å². The summed E-state index contributed by atoms with van der Waals surface area (Å²) in [6.07, 6.45) is 3.33. The molecule has 0 amide bonds. The van der Waals surface area contributed by atoms with E-state index in [1.54, 1.807) is 12.4 Å². The first-order valence-corrected chi connectivity index (χ1v) is 5.47. The summed E-state index contributed by atoms with van der Waals surface area (Å²) in [5.74, 6) is 0.878. The minimum absolute atomic E-state index is 0.455. The third kappa shape index (κ3) is 2.38. The molecule has 0 aromatic carbocycles. The van der Waals surface area contributed by atoms with Crippen molar-refractivity contribution in [3.8, 4) is 0 Å². The van der Waals surface area contributed by atoms with Crippen molar-refractivity contribution in [2.45, 2.75) is 13.0 Å². The zero-order valence-corrected chi connectivity index (χ0v) is 9.78. The Bertz CT molecular complexity index is 344. The number of aromatic nitrogens is 2. The van der Waals surface area contributed by atoms with Gasteiger partial charge in [0.25, 0.3) is 0 Å². The normalized spacial score (nSPS) is 23.1. The highest BCUT2D eigenvalue weighted by Gasteiger charge is 2.22. The fourth-order valence-electron chi connectivity index (χ4n) is 1.95. The molecular weight excluding hydrogens is 212 g/mol. The van der Waals surface area contributed by atoms with Crippen LogP contribution in [0.4, 0.5) is 5.82 Å². The first kappa shape index (κ1) is 10.6. The van der Waals surface area contributed by atoms with Crippen LogP contribution in [0.1, 0.15) is 6.92 Å². The van der Waals surface area contributed by atoms with Crippen LogP contribution in [-0.4, -0.2) is 47.6 Å². The summed E-state index contributed by atoms with van der Waals surface area (Å²) < 4.78 is 0. The summed E-state index contributed by atoms with van der Waals surface area (Å²) in [7, 11) is 2.14. The van der Waals surface area contributed by atoms with E-state index in [1.165, 1.54) is 0 Å². The van der Waals surface area contributed by atoms with Crippen LogP contribution in [-0.2, 0) is 0 Å². The minimum Gasteiger partial charge on any atom is -0.350 e. The summed E-state index contributed by atoms with van der Waals surface area (Å²) in [5.41, 5.74) is 0. The molecule has 2 rings (SSSR count). The van der Waals surface area contributed by atoms with Crippen LogP contribution in [0.3, 0.4) is 0 Å². The van der Waals surface area contributed by atoms with E-state index < -0.39 is 0 Å². The molecule has 1 aliphatic heterocycles. The first-order chi connectivity index (χ1) is 7.16. The van der Waals surface area contributed by atoms with E-state index >= 15 is 0 Å². The van der Waals surface area contributed by atoms with Crippen LogP contribution < -0.4 is 4.90 Å². The number of halogens is 1. The number of likely N-dealkylation sites (N-methyl/N-ethyl adjacent to an activating group) is 1. The van der Waals surface area contributed by atoms with Gasteiger partial charge in [-0.15, -0.1) is 0 Å². The lowest BCUT2D eigenvalue weighted by Gasteiger charge is -2.38. The molecule has 1 atom stereocenters. The average Bonchev–Trinajstić information content (AvgIpc) is 2.17. The van der Waals surface area contributed by atoms with Crippen LogP contribution in [0.5, 0.6) is 0 Å².